The monoisotopic (exact) mass is 265 g/mol. The summed E-state index contributed by atoms with van der Waals surface area (Å²) in [5.74, 6) is 0.0828. The highest BCUT2D eigenvalue weighted by atomic mass is 32.1. The fraction of sp³-hybridized carbons (Fsp3) is 0.643. The van der Waals surface area contributed by atoms with Crippen LogP contribution in [0.2, 0.25) is 0 Å². The van der Waals surface area contributed by atoms with E-state index in [1.54, 1.807) is 0 Å². The molecule has 0 aliphatic heterocycles. The first-order chi connectivity index (χ1) is 8.75. The molecule has 18 heavy (non-hydrogen) atoms. The molecule has 2 fully saturated rings. The normalized spacial score (nSPS) is 21.2. The fourth-order valence-electron chi connectivity index (χ4n) is 2.72. The molecule has 2 aliphatic carbocycles. The maximum Gasteiger partial charge on any atom is 0.304 e. The Labute approximate surface area is 111 Å². The average molecular weight is 265 g/mol. The molecule has 1 aromatic heterocycles. The highest BCUT2D eigenvalue weighted by molar-refractivity contribution is 7.10. The van der Waals surface area contributed by atoms with E-state index in [1.807, 2.05) is 11.3 Å². The van der Waals surface area contributed by atoms with Gasteiger partial charge in [-0.05, 0) is 43.0 Å². The third-order valence-corrected chi connectivity index (χ3v) is 4.80. The number of hydrogen-bond acceptors (Lipinski definition) is 3. The lowest BCUT2D eigenvalue weighted by Crippen LogP contribution is -2.33. The van der Waals surface area contributed by atoms with Crippen molar-refractivity contribution in [2.45, 2.75) is 44.2 Å². The van der Waals surface area contributed by atoms with Crippen molar-refractivity contribution in [2.75, 3.05) is 6.54 Å². The van der Waals surface area contributed by atoms with E-state index < -0.39 is 5.97 Å². The summed E-state index contributed by atoms with van der Waals surface area (Å²) in [4.78, 5) is 14.7. The van der Waals surface area contributed by atoms with Crippen LogP contribution in [0.4, 0.5) is 0 Å². The minimum Gasteiger partial charge on any atom is -0.481 e. The molecular weight excluding hydrogens is 246 g/mol. The third-order valence-electron chi connectivity index (χ3n) is 3.86. The van der Waals surface area contributed by atoms with Gasteiger partial charge in [0.15, 0.2) is 0 Å². The summed E-state index contributed by atoms with van der Waals surface area (Å²) >= 11 is 1.82. The molecule has 3 rings (SSSR count). The van der Waals surface area contributed by atoms with Crippen LogP contribution >= 0.6 is 11.3 Å². The van der Waals surface area contributed by atoms with E-state index in [1.165, 1.54) is 30.6 Å². The molecule has 3 nitrogen and oxygen atoms in total. The summed E-state index contributed by atoms with van der Waals surface area (Å²) in [5.41, 5.74) is 0. The third kappa shape index (κ3) is 2.75. The minimum absolute atomic E-state index is 0.269. The van der Waals surface area contributed by atoms with Crippen LogP contribution in [-0.2, 0) is 4.79 Å². The van der Waals surface area contributed by atoms with Gasteiger partial charge < -0.3 is 5.11 Å². The summed E-state index contributed by atoms with van der Waals surface area (Å²) < 4.78 is 0. The van der Waals surface area contributed by atoms with Gasteiger partial charge >= 0.3 is 5.97 Å². The van der Waals surface area contributed by atoms with Crippen molar-refractivity contribution in [1.82, 2.24) is 4.90 Å². The number of carboxylic acid groups (broad SMARTS) is 1. The lowest BCUT2D eigenvalue weighted by atomic mass is 10.1. The van der Waals surface area contributed by atoms with Crippen molar-refractivity contribution in [2.24, 2.45) is 5.92 Å². The van der Waals surface area contributed by atoms with Crippen LogP contribution in [-0.4, -0.2) is 28.6 Å². The highest BCUT2D eigenvalue weighted by Gasteiger charge is 2.42. The van der Waals surface area contributed by atoms with Crippen LogP contribution in [0.15, 0.2) is 17.5 Å². The van der Waals surface area contributed by atoms with Gasteiger partial charge in [0.25, 0.3) is 0 Å². The molecule has 2 saturated carbocycles. The number of rotatable bonds is 7. The van der Waals surface area contributed by atoms with Crippen LogP contribution in [0.5, 0.6) is 0 Å². The van der Waals surface area contributed by atoms with Gasteiger partial charge in [0.05, 0.1) is 6.42 Å². The van der Waals surface area contributed by atoms with E-state index in [4.69, 9.17) is 5.11 Å². The first-order valence-electron chi connectivity index (χ1n) is 6.76. The van der Waals surface area contributed by atoms with E-state index in [2.05, 4.69) is 22.4 Å². The first-order valence-corrected chi connectivity index (χ1v) is 7.64. The maximum absolute atomic E-state index is 10.8. The summed E-state index contributed by atoms with van der Waals surface area (Å²) in [7, 11) is 0. The highest BCUT2D eigenvalue weighted by Crippen LogP contribution is 2.49. The van der Waals surface area contributed by atoms with Crippen molar-refractivity contribution in [1.29, 1.82) is 0 Å². The molecule has 0 bridgehead atoms. The van der Waals surface area contributed by atoms with Crippen LogP contribution in [0.1, 0.15) is 43.0 Å². The van der Waals surface area contributed by atoms with Gasteiger partial charge in [0.1, 0.15) is 0 Å². The van der Waals surface area contributed by atoms with Gasteiger partial charge in [-0.1, -0.05) is 6.07 Å². The zero-order valence-corrected chi connectivity index (χ0v) is 11.2. The Morgan fingerprint density at radius 3 is 2.72 bits per heavy atom. The Morgan fingerprint density at radius 1 is 1.44 bits per heavy atom. The number of thiophene rings is 1. The maximum atomic E-state index is 10.8. The predicted octanol–water partition coefficient (Wildman–Crippen LogP) is 3.14. The van der Waals surface area contributed by atoms with Gasteiger partial charge in [-0.2, -0.15) is 0 Å². The Hall–Kier alpha value is -0.870. The van der Waals surface area contributed by atoms with E-state index in [9.17, 15) is 4.79 Å². The van der Waals surface area contributed by atoms with Crippen molar-refractivity contribution in [3.05, 3.63) is 22.4 Å². The molecule has 0 saturated heterocycles. The van der Waals surface area contributed by atoms with E-state index in [0.29, 0.717) is 18.6 Å². The lowest BCUT2D eigenvalue weighted by Gasteiger charge is -2.31. The second kappa shape index (κ2) is 5.02. The molecule has 0 radical (unpaired) electrons. The quantitative estimate of drug-likeness (QED) is 0.823. The average Bonchev–Trinajstić information content (AvgIpc) is 3.24. The predicted molar refractivity (Wildman–Crippen MR) is 71.8 cm³/mol. The molecule has 1 unspecified atom stereocenters. The SMILES string of the molecule is O=C(O)CCN(C1CC1)C(c1cccs1)C1CC1. The van der Waals surface area contributed by atoms with Gasteiger partial charge in [0, 0.05) is 23.5 Å². The molecule has 4 heteroatoms. The van der Waals surface area contributed by atoms with Crippen LogP contribution in [0.25, 0.3) is 0 Å². The molecule has 0 aromatic carbocycles. The zero-order chi connectivity index (χ0) is 12.5. The molecule has 1 aromatic rings. The smallest absolute Gasteiger partial charge is 0.304 e. The minimum atomic E-state index is -0.679. The second-order valence-corrected chi connectivity index (χ2v) is 6.39. The largest absolute Gasteiger partial charge is 0.481 e. The molecule has 0 spiro atoms. The summed E-state index contributed by atoms with van der Waals surface area (Å²) in [6.45, 7) is 0.707. The Morgan fingerprint density at radius 2 is 2.22 bits per heavy atom. The molecule has 1 heterocycles. The number of carboxylic acids is 1. The van der Waals surface area contributed by atoms with Gasteiger partial charge in [-0.25, -0.2) is 0 Å². The van der Waals surface area contributed by atoms with Crippen LogP contribution in [0.3, 0.4) is 0 Å². The topological polar surface area (TPSA) is 40.5 Å². The number of hydrogen-bond donors (Lipinski definition) is 1. The summed E-state index contributed by atoms with van der Waals surface area (Å²) in [6.07, 6.45) is 5.37. The van der Waals surface area contributed by atoms with E-state index >= 15 is 0 Å². The molecule has 1 atom stereocenters. The molecular formula is C14H19NO2S. The van der Waals surface area contributed by atoms with Gasteiger partial charge in [-0.15, -0.1) is 11.3 Å². The fourth-order valence-corrected chi connectivity index (χ4v) is 3.66. The second-order valence-electron chi connectivity index (χ2n) is 5.41. The van der Waals surface area contributed by atoms with Crippen molar-refractivity contribution in [3.63, 3.8) is 0 Å². The standard InChI is InChI=1S/C14H19NO2S/c16-13(17)7-8-15(11-5-6-11)14(10-3-4-10)12-2-1-9-18-12/h1-2,9-11,14H,3-8H2,(H,16,17). The van der Waals surface area contributed by atoms with E-state index in [0.717, 1.165) is 5.92 Å². The van der Waals surface area contributed by atoms with Crippen LogP contribution < -0.4 is 0 Å². The van der Waals surface area contributed by atoms with Gasteiger partial charge in [-0.3, -0.25) is 9.69 Å². The molecule has 0 amide bonds. The zero-order valence-electron chi connectivity index (χ0n) is 10.4. The molecule has 2 aliphatic rings. The summed E-state index contributed by atoms with van der Waals surface area (Å²) in [5, 5.41) is 11.0. The number of carbonyl (C=O) groups is 1. The molecule has 98 valence electrons. The summed E-state index contributed by atoms with van der Waals surface area (Å²) in [6, 6.07) is 5.44. The van der Waals surface area contributed by atoms with Crippen molar-refractivity contribution >= 4 is 17.3 Å². The first kappa shape index (κ1) is 12.2. The molecule has 1 N–H and O–H groups in total. The Bertz CT molecular complexity index is 409. The number of aliphatic carboxylic acids is 1. The van der Waals surface area contributed by atoms with Crippen molar-refractivity contribution < 1.29 is 9.90 Å². The van der Waals surface area contributed by atoms with Gasteiger partial charge in [0.2, 0.25) is 0 Å². The van der Waals surface area contributed by atoms with Crippen LogP contribution in [0, 0.1) is 5.92 Å². The van der Waals surface area contributed by atoms with Crippen molar-refractivity contribution in [3.8, 4) is 0 Å². The Kier molecular flexibility index (Phi) is 3.39. The van der Waals surface area contributed by atoms with E-state index in [-0.39, 0.29) is 6.42 Å². The number of nitrogens with zero attached hydrogens (tertiary/aromatic N) is 1. The lowest BCUT2D eigenvalue weighted by molar-refractivity contribution is -0.137. The Balaban J connectivity index is 1.75.